The Morgan fingerprint density at radius 2 is 2.00 bits per heavy atom. The molecule has 0 aliphatic rings. The number of aromatic nitrogens is 1. The van der Waals surface area contributed by atoms with Gasteiger partial charge in [0, 0.05) is 11.4 Å². The Kier molecular flexibility index (Phi) is 4.56. The van der Waals surface area contributed by atoms with Crippen molar-refractivity contribution in [2.24, 2.45) is 0 Å². The number of carbonyl (C=O) groups is 1. The van der Waals surface area contributed by atoms with Crippen LogP contribution < -0.4 is 10.1 Å². The molecule has 0 radical (unpaired) electrons. The number of ether oxygens (including phenoxy) is 1. The summed E-state index contributed by atoms with van der Waals surface area (Å²) in [5.41, 5.74) is 1.25. The molecule has 0 spiro atoms. The molecule has 2 aromatic rings. The van der Waals surface area contributed by atoms with E-state index in [2.05, 4.69) is 24.1 Å². The van der Waals surface area contributed by atoms with E-state index in [9.17, 15) is 4.79 Å². The fourth-order valence-electron chi connectivity index (χ4n) is 2.11. The van der Waals surface area contributed by atoms with Gasteiger partial charge in [-0.2, -0.15) is 0 Å². The zero-order valence-corrected chi connectivity index (χ0v) is 12.1. The van der Waals surface area contributed by atoms with Crippen LogP contribution >= 0.6 is 0 Å². The second kappa shape index (κ2) is 6.37. The summed E-state index contributed by atoms with van der Waals surface area (Å²) in [4.78, 5) is 16.5. The quantitative estimate of drug-likeness (QED) is 0.909. The van der Waals surface area contributed by atoms with Crippen LogP contribution in [-0.2, 0) is 0 Å². The molecule has 0 atom stereocenters. The first-order valence-electron chi connectivity index (χ1n) is 6.93. The maximum Gasteiger partial charge on any atom is 0.270 e. The molecular weight excluding hydrogens is 252 g/mol. The highest BCUT2D eigenvalue weighted by atomic mass is 16.5. The smallest absolute Gasteiger partial charge is 0.270 e. The molecule has 0 fully saturated rings. The van der Waals surface area contributed by atoms with Crippen molar-refractivity contribution < 1.29 is 9.53 Å². The van der Waals surface area contributed by atoms with Crippen molar-refractivity contribution in [1.82, 2.24) is 10.3 Å². The number of hydrogen-bond donors (Lipinski definition) is 1. The third kappa shape index (κ3) is 3.07. The van der Waals surface area contributed by atoms with Crippen molar-refractivity contribution in [3.05, 3.63) is 36.0 Å². The number of pyridine rings is 1. The maximum absolute atomic E-state index is 12.1. The van der Waals surface area contributed by atoms with E-state index in [0.717, 1.165) is 29.5 Å². The largest absolute Gasteiger partial charge is 0.497 e. The molecule has 0 unspecified atom stereocenters. The molecule has 1 N–H and O–H groups in total. The van der Waals surface area contributed by atoms with Crippen molar-refractivity contribution in [3.8, 4) is 5.75 Å². The second-order valence-corrected chi connectivity index (χ2v) is 4.74. The molecule has 1 heterocycles. The predicted molar refractivity (Wildman–Crippen MR) is 80.1 cm³/mol. The minimum atomic E-state index is -0.114. The van der Waals surface area contributed by atoms with Gasteiger partial charge >= 0.3 is 0 Å². The molecule has 0 aliphatic carbocycles. The van der Waals surface area contributed by atoms with Crippen LogP contribution in [-0.4, -0.2) is 24.0 Å². The van der Waals surface area contributed by atoms with E-state index in [-0.39, 0.29) is 11.9 Å². The van der Waals surface area contributed by atoms with Crippen LogP contribution in [0.2, 0.25) is 0 Å². The second-order valence-electron chi connectivity index (χ2n) is 4.74. The van der Waals surface area contributed by atoms with E-state index in [1.165, 1.54) is 0 Å². The Labute approximate surface area is 119 Å². The molecule has 0 aliphatic heterocycles. The van der Waals surface area contributed by atoms with Gasteiger partial charge in [0.2, 0.25) is 0 Å². The van der Waals surface area contributed by atoms with Crippen LogP contribution in [0.5, 0.6) is 5.75 Å². The standard InChI is InChI=1S/C16H20N2O2/c1-4-12(5-2)17-16(19)15-8-6-11-10-13(20-3)7-9-14(11)18-15/h6-10,12H,4-5H2,1-3H3,(H,17,19). The van der Waals surface area contributed by atoms with Crippen LogP contribution in [0, 0.1) is 0 Å². The maximum atomic E-state index is 12.1. The molecule has 20 heavy (non-hydrogen) atoms. The Morgan fingerprint density at radius 1 is 1.25 bits per heavy atom. The molecule has 1 amide bonds. The van der Waals surface area contributed by atoms with Crippen molar-refractivity contribution in [2.75, 3.05) is 7.11 Å². The summed E-state index contributed by atoms with van der Waals surface area (Å²) in [5.74, 6) is 0.671. The van der Waals surface area contributed by atoms with Gasteiger partial charge in [-0.3, -0.25) is 4.79 Å². The number of methoxy groups -OCH3 is 1. The number of rotatable bonds is 5. The van der Waals surface area contributed by atoms with Gasteiger partial charge in [-0.05, 0) is 37.1 Å². The lowest BCUT2D eigenvalue weighted by Crippen LogP contribution is -2.34. The van der Waals surface area contributed by atoms with Gasteiger partial charge in [-0.25, -0.2) is 4.98 Å². The molecule has 4 nitrogen and oxygen atoms in total. The minimum Gasteiger partial charge on any atom is -0.497 e. The molecule has 0 saturated carbocycles. The summed E-state index contributed by atoms with van der Waals surface area (Å²) in [5, 5.41) is 3.96. The van der Waals surface area contributed by atoms with Crippen LogP contribution in [0.4, 0.5) is 0 Å². The van der Waals surface area contributed by atoms with Gasteiger partial charge in [-0.1, -0.05) is 19.9 Å². The van der Waals surface area contributed by atoms with Crippen LogP contribution in [0.25, 0.3) is 10.9 Å². The van der Waals surface area contributed by atoms with Gasteiger partial charge in [0.15, 0.2) is 0 Å². The highest BCUT2D eigenvalue weighted by Crippen LogP contribution is 2.19. The molecule has 0 saturated heterocycles. The number of nitrogens with one attached hydrogen (secondary N) is 1. The number of nitrogens with zero attached hydrogens (tertiary/aromatic N) is 1. The first kappa shape index (κ1) is 14.3. The van der Waals surface area contributed by atoms with Crippen LogP contribution in [0.1, 0.15) is 37.2 Å². The summed E-state index contributed by atoms with van der Waals surface area (Å²) in [6.45, 7) is 4.13. The molecule has 106 valence electrons. The highest BCUT2D eigenvalue weighted by molar-refractivity contribution is 5.95. The van der Waals surface area contributed by atoms with Gasteiger partial charge < -0.3 is 10.1 Å². The van der Waals surface area contributed by atoms with Crippen molar-refractivity contribution in [1.29, 1.82) is 0 Å². The van der Waals surface area contributed by atoms with E-state index in [1.807, 2.05) is 24.3 Å². The first-order chi connectivity index (χ1) is 9.67. The third-order valence-electron chi connectivity index (χ3n) is 3.45. The Balaban J connectivity index is 2.25. The summed E-state index contributed by atoms with van der Waals surface area (Å²) in [7, 11) is 1.63. The lowest BCUT2D eigenvalue weighted by atomic mass is 10.1. The predicted octanol–water partition coefficient (Wildman–Crippen LogP) is 3.16. The minimum absolute atomic E-state index is 0.114. The van der Waals surface area contributed by atoms with E-state index in [1.54, 1.807) is 13.2 Å². The number of benzene rings is 1. The van der Waals surface area contributed by atoms with E-state index in [4.69, 9.17) is 4.74 Å². The number of fused-ring (bicyclic) bond motifs is 1. The fraction of sp³-hybridized carbons (Fsp3) is 0.375. The molecule has 1 aromatic heterocycles. The van der Waals surface area contributed by atoms with E-state index >= 15 is 0 Å². The lowest BCUT2D eigenvalue weighted by molar-refractivity contribution is 0.0930. The SMILES string of the molecule is CCC(CC)NC(=O)c1ccc2cc(OC)ccc2n1. The number of carbonyl (C=O) groups excluding carboxylic acids is 1. The Bertz CT molecular complexity index is 606. The van der Waals surface area contributed by atoms with E-state index in [0.29, 0.717) is 5.69 Å². The van der Waals surface area contributed by atoms with Gasteiger partial charge in [-0.15, -0.1) is 0 Å². The van der Waals surface area contributed by atoms with Gasteiger partial charge in [0.05, 0.1) is 12.6 Å². The molecule has 0 bridgehead atoms. The molecule has 1 aromatic carbocycles. The fourth-order valence-corrected chi connectivity index (χ4v) is 2.11. The lowest BCUT2D eigenvalue weighted by Gasteiger charge is -2.14. The molecule has 4 heteroatoms. The van der Waals surface area contributed by atoms with E-state index < -0.39 is 0 Å². The summed E-state index contributed by atoms with van der Waals surface area (Å²) < 4.78 is 5.17. The summed E-state index contributed by atoms with van der Waals surface area (Å²) in [6.07, 6.45) is 1.85. The Morgan fingerprint density at radius 3 is 2.65 bits per heavy atom. The van der Waals surface area contributed by atoms with Crippen LogP contribution in [0.3, 0.4) is 0 Å². The van der Waals surface area contributed by atoms with Crippen LogP contribution in [0.15, 0.2) is 30.3 Å². The molecular formula is C16H20N2O2. The number of hydrogen-bond acceptors (Lipinski definition) is 3. The zero-order valence-electron chi connectivity index (χ0n) is 12.1. The summed E-state index contributed by atoms with van der Waals surface area (Å²) >= 11 is 0. The van der Waals surface area contributed by atoms with Crippen molar-refractivity contribution in [2.45, 2.75) is 32.7 Å². The molecule has 2 rings (SSSR count). The zero-order chi connectivity index (χ0) is 14.5. The topological polar surface area (TPSA) is 51.2 Å². The normalized spacial score (nSPS) is 10.8. The van der Waals surface area contributed by atoms with Crippen molar-refractivity contribution >= 4 is 16.8 Å². The highest BCUT2D eigenvalue weighted by Gasteiger charge is 2.12. The number of amides is 1. The summed E-state index contributed by atoms with van der Waals surface area (Å²) in [6, 6.07) is 9.47. The van der Waals surface area contributed by atoms with Crippen molar-refractivity contribution in [3.63, 3.8) is 0 Å². The monoisotopic (exact) mass is 272 g/mol. The van der Waals surface area contributed by atoms with Gasteiger partial charge in [0.1, 0.15) is 11.4 Å². The average Bonchev–Trinajstić information content (AvgIpc) is 2.51. The first-order valence-corrected chi connectivity index (χ1v) is 6.93. The van der Waals surface area contributed by atoms with Gasteiger partial charge in [0.25, 0.3) is 5.91 Å². The third-order valence-corrected chi connectivity index (χ3v) is 3.45. The Hall–Kier alpha value is -2.10. The average molecular weight is 272 g/mol.